The molecule has 2 N–H and O–H groups in total. The number of fused-ring (bicyclic) bond motifs is 2. The summed E-state index contributed by atoms with van der Waals surface area (Å²) in [5.74, 6) is 0.158. The highest BCUT2D eigenvalue weighted by Crippen LogP contribution is 2.37. The van der Waals surface area contributed by atoms with Crippen molar-refractivity contribution in [3.05, 3.63) is 54.1 Å². The molecule has 0 saturated carbocycles. The highest BCUT2D eigenvalue weighted by molar-refractivity contribution is 6.17. The molecule has 2 atom stereocenters. The maximum absolute atomic E-state index is 13.3. The maximum Gasteiger partial charge on any atom is 0.326 e. The number of hydrogen-bond acceptors (Lipinski definition) is 3. The van der Waals surface area contributed by atoms with Gasteiger partial charge < -0.3 is 15.5 Å². The van der Waals surface area contributed by atoms with Gasteiger partial charge in [-0.25, -0.2) is 4.79 Å². The first kappa shape index (κ1) is 17.5. The second-order valence-electron chi connectivity index (χ2n) is 7.41. The van der Waals surface area contributed by atoms with Gasteiger partial charge in [-0.3, -0.25) is 9.69 Å². The van der Waals surface area contributed by atoms with Crippen LogP contribution in [0.1, 0.15) is 23.7 Å². The van der Waals surface area contributed by atoms with Crippen LogP contribution in [0.25, 0.3) is 0 Å². The van der Waals surface area contributed by atoms with E-state index in [4.69, 9.17) is 0 Å². The Balaban J connectivity index is 1.71. The smallest absolute Gasteiger partial charge is 0.326 e. The Kier molecular flexibility index (Phi) is 4.58. The molecule has 1 saturated heterocycles. The first-order valence-corrected chi connectivity index (χ1v) is 9.33. The Labute approximate surface area is 159 Å². The van der Waals surface area contributed by atoms with Crippen LogP contribution in [-0.2, 0) is 0 Å². The van der Waals surface area contributed by atoms with Crippen molar-refractivity contribution in [2.24, 2.45) is 5.92 Å². The summed E-state index contributed by atoms with van der Waals surface area (Å²) < 4.78 is 0. The van der Waals surface area contributed by atoms with Crippen molar-refractivity contribution in [3.8, 4) is 0 Å². The largest absolute Gasteiger partial charge is 0.334 e. The van der Waals surface area contributed by atoms with Crippen molar-refractivity contribution >= 4 is 29.0 Å². The number of likely N-dealkylation sites (tertiary alicyclic amines) is 1. The van der Waals surface area contributed by atoms with E-state index in [0.717, 1.165) is 19.5 Å². The number of anilines is 3. The number of para-hydroxylation sites is 3. The zero-order chi connectivity index (χ0) is 19.0. The molecule has 1 fully saturated rings. The van der Waals surface area contributed by atoms with Gasteiger partial charge >= 0.3 is 6.03 Å². The van der Waals surface area contributed by atoms with Crippen LogP contribution >= 0.6 is 0 Å². The average molecular weight is 364 g/mol. The lowest BCUT2D eigenvalue weighted by Crippen LogP contribution is -2.51. The Hall–Kier alpha value is -2.86. The number of hydrogen-bond donors (Lipinski definition) is 2. The van der Waals surface area contributed by atoms with E-state index in [1.807, 2.05) is 42.5 Å². The van der Waals surface area contributed by atoms with Crippen LogP contribution in [0.3, 0.4) is 0 Å². The standard InChI is InChI=1S/C21H24N4O2/c1-14-13-24(2)12-11-16(14)23-21(27)25-18-9-5-3-7-15(18)20(26)22-17-8-4-6-10-19(17)25/h3-10,14,16H,11-13H2,1-2H3,(H,22,26)(H,23,27). The third-order valence-corrected chi connectivity index (χ3v) is 5.40. The Morgan fingerprint density at radius 1 is 1.11 bits per heavy atom. The molecule has 2 aliphatic heterocycles. The summed E-state index contributed by atoms with van der Waals surface area (Å²) >= 11 is 0. The molecule has 2 unspecified atom stereocenters. The van der Waals surface area contributed by atoms with Gasteiger partial charge in [-0.15, -0.1) is 0 Å². The number of amides is 3. The fourth-order valence-corrected chi connectivity index (χ4v) is 3.96. The molecule has 0 aromatic heterocycles. The average Bonchev–Trinajstić information content (AvgIpc) is 2.78. The van der Waals surface area contributed by atoms with Crippen LogP contribution in [0.2, 0.25) is 0 Å². The third-order valence-electron chi connectivity index (χ3n) is 5.40. The number of carbonyl (C=O) groups is 2. The molecule has 6 nitrogen and oxygen atoms in total. The number of carbonyl (C=O) groups excluding carboxylic acids is 2. The third kappa shape index (κ3) is 3.28. The predicted molar refractivity (Wildman–Crippen MR) is 107 cm³/mol. The molecule has 2 aromatic carbocycles. The normalized spacial score (nSPS) is 22.3. The molecule has 4 rings (SSSR count). The maximum atomic E-state index is 13.3. The van der Waals surface area contributed by atoms with Crippen LogP contribution in [0.15, 0.2) is 48.5 Å². The van der Waals surface area contributed by atoms with E-state index < -0.39 is 0 Å². The topological polar surface area (TPSA) is 64.7 Å². The van der Waals surface area contributed by atoms with E-state index in [-0.39, 0.29) is 18.0 Å². The fraction of sp³-hybridized carbons (Fsp3) is 0.333. The molecule has 140 valence electrons. The van der Waals surface area contributed by atoms with Crippen molar-refractivity contribution in [2.45, 2.75) is 19.4 Å². The van der Waals surface area contributed by atoms with Gasteiger partial charge in [0.05, 0.1) is 22.6 Å². The molecular weight excluding hydrogens is 340 g/mol. The SMILES string of the molecule is CC1CN(C)CCC1NC(=O)N1c2ccccc2NC(=O)c2ccccc21. The van der Waals surface area contributed by atoms with Crippen molar-refractivity contribution in [2.75, 3.05) is 30.4 Å². The van der Waals surface area contributed by atoms with Crippen LogP contribution in [0.4, 0.5) is 21.9 Å². The van der Waals surface area contributed by atoms with Crippen molar-refractivity contribution in [1.82, 2.24) is 10.2 Å². The summed E-state index contributed by atoms with van der Waals surface area (Å²) in [6, 6.07) is 14.5. The van der Waals surface area contributed by atoms with E-state index in [2.05, 4.69) is 29.5 Å². The lowest BCUT2D eigenvalue weighted by molar-refractivity contribution is 0.102. The lowest BCUT2D eigenvalue weighted by atomic mass is 9.94. The predicted octanol–water partition coefficient (Wildman–Crippen LogP) is 3.44. The van der Waals surface area contributed by atoms with Gasteiger partial charge in [-0.05, 0) is 50.2 Å². The molecule has 2 aliphatic rings. The quantitative estimate of drug-likeness (QED) is 0.815. The molecule has 3 amide bonds. The van der Waals surface area contributed by atoms with Crippen LogP contribution in [0, 0.1) is 5.92 Å². The monoisotopic (exact) mass is 364 g/mol. The van der Waals surface area contributed by atoms with E-state index in [1.165, 1.54) is 0 Å². The molecule has 0 spiro atoms. The zero-order valence-electron chi connectivity index (χ0n) is 15.6. The van der Waals surface area contributed by atoms with Crippen molar-refractivity contribution in [1.29, 1.82) is 0 Å². The van der Waals surface area contributed by atoms with Gasteiger partial charge in [0.1, 0.15) is 0 Å². The molecule has 2 aromatic rings. The number of piperidine rings is 1. The van der Waals surface area contributed by atoms with Gasteiger partial charge in [-0.2, -0.15) is 0 Å². The van der Waals surface area contributed by atoms with Crippen molar-refractivity contribution < 1.29 is 9.59 Å². The second-order valence-corrected chi connectivity index (χ2v) is 7.41. The zero-order valence-corrected chi connectivity index (χ0v) is 15.6. The van der Waals surface area contributed by atoms with E-state index in [9.17, 15) is 9.59 Å². The van der Waals surface area contributed by atoms with E-state index in [0.29, 0.717) is 28.5 Å². The second kappa shape index (κ2) is 7.04. The molecule has 0 bridgehead atoms. The lowest BCUT2D eigenvalue weighted by Gasteiger charge is -2.36. The number of nitrogens with zero attached hydrogens (tertiary/aromatic N) is 2. The number of benzene rings is 2. The molecular formula is C21H24N4O2. The Morgan fingerprint density at radius 3 is 2.59 bits per heavy atom. The van der Waals surface area contributed by atoms with Gasteiger partial charge in [0.2, 0.25) is 0 Å². The van der Waals surface area contributed by atoms with Gasteiger partial charge in [0.25, 0.3) is 5.91 Å². The minimum atomic E-state index is -0.207. The van der Waals surface area contributed by atoms with Gasteiger partial charge in [0.15, 0.2) is 0 Å². The number of nitrogens with one attached hydrogen (secondary N) is 2. The molecule has 2 heterocycles. The van der Waals surface area contributed by atoms with E-state index >= 15 is 0 Å². The summed E-state index contributed by atoms with van der Waals surface area (Å²) in [5.41, 5.74) is 2.39. The molecule has 6 heteroatoms. The summed E-state index contributed by atoms with van der Waals surface area (Å²) in [7, 11) is 2.10. The molecule has 0 radical (unpaired) electrons. The summed E-state index contributed by atoms with van der Waals surface area (Å²) in [6.07, 6.45) is 0.914. The summed E-state index contributed by atoms with van der Waals surface area (Å²) in [5, 5.41) is 6.12. The molecule has 27 heavy (non-hydrogen) atoms. The number of rotatable bonds is 1. The minimum Gasteiger partial charge on any atom is -0.334 e. The first-order valence-electron chi connectivity index (χ1n) is 9.33. The number of urea groups is 1. The highest BCUT2D eigenvalue weighted by atomic mass is 16.2. The van der Waals surface area contributed by atoms with E-state index in [1.54, 1.807) is 11.0 Å². The highest BCUT2D eigenvalue weighted by Gasteiger charge is 2.32. The van der Waals surface area contributed by atoms with Crippen molar-refractivity contribution in [3.63, 3.8) is 0 Å². The van der Waals surface area contributed by atoms with Crippen LogP contribution in [-0.4, -0.2) is 43.0 Å². The summed E-state index contributed by atoms with van der Waals surface area (Å²) in [6.45, 7) is 4.08. The van der Waals surface area contributed by atoms with Gasteiger partial charge in [-0.1, -0.05) is 31.2 Å². The molecule has 0 aliphatic carbocycles. The van der Waals surface area contributed by atoms with Crippen LogP contribution in [0.5, 0.6) is 0 Å². The fourth-order valence-electron chi connectivity index (χ4n) is 3.96. The summed E-state index contributed by atoms with van der Waals surface area (Å²) in [4.78, 5) is 29.9. The Morgan fingerprint density at radius 2 is 1.81 bits per heavy atom. The first-order chi connectivity index (χ1) is 13.0. The van der Waals surface area contributed by atoms with Crippen LogP contribution < -0.4 is 15.5 Å². The van der Waals surface area contributed by atoms with Gasteiger partial charge in [0, 0.05) is 12.6 Å². The Bertz CT molecular complexity index is 882. The minimum absolute atomic E-state index is 0.111.